The lowest BCUT2D eigenvalue weighted by Gasteiger charge is -2.12. The van der Waals surface area contributed by atoms with Crippen LogP contribution in [0.25, 0.3) is 32.8 Å². The Balaban J connectivity index is 1.69. The minimum atomic E-state index is 0.231. The molecular weight excluding hydrogens is 426 g/mol. The lowest BCUT2D eigenvalue weighted by molar-refractivity contribution is 1.23. The normalized spacial score (nSPS) is 11.1. The molecule has 0 saturated carbocycles. The van der Waals surface area contributed by atoms with Crippen LogP contribution in [0.4, 0.5) is 17.5 Å². The molecule has 0 amide bonds. The Morgan fingerprint density at radius 1 is 0.828 bits per heavy atom. The smallest absolute Gasteiger partial charge is 0.222 e. The summed E-state index contributed by atoms with van der Waals surface area (Å²) in [5.41, 5.74) is 9.76. The van der Waals surface area contributed by atoms with Crippen LogP contribution in [0.3, 0.4) is 0 Å². The fourth-order valence-electron chi connectivity index (χ4n) is 3.46. The number of nitrogens with two attached hydrogens (primary N) is 1. The van der Waals surface area contributed by atoms with E-state index in [9.17, 15) is 0 Å². The Morgan fingerprint density at radius 2 is 1.72 bits per heavy atom. The summed E-state index contributed by atoms with van der Waals surface area (Å²) in [4.78, 5) is 13.3. The topological polar surface area (TPSA) is 76.7 Å². The molecule has 2 aromatic heterocycles. The number of hydrogen-bond acceptors (Lipinski definition) is 5. The Hall–Kier alpha value is -3.51. The average molecular weight is 442 g/mol. The molecule has 3 N–H and O–H groups in total. The molecule has 3 aromatic carbocycles. The number of anilines is 3. The maximum Gasteiger partial charge on any atom is 0.222 e. The van der Waals surface area contributed by atoms with Crippen LogP contribution in [-0.2, 0) is 0 Å². The predicted octanol–water partition coefficient (Wildman–Crippen LogP) is 5.93. The fraction of sp³-hybridized carbons (Fsp3) is 0. The largest absolute Gasteiger partial charge is 0.368 e. The van der Waals surface area contributed by atoms with E-state index in [0.29, 0.717) is 5.82 Å². The van der Waals surface area contributed by atoms with Crippen molar-refractivity contribution in [3.63, 3.8) is 0 Å². The van der Waals surface area contributed by atoms with Crippen LogP contribution in [0.1, 0.15) is 0 Å². The van der Waals surface area contributed by atoms with Gasteiger partial charge in [0.2, 0.25) is 5.95 Å². The van der Waals surface area contributed by atoms with Crippen LogP contribution in [0.2, 0.25) is 0 Å². The van der Waals surface area contributed by atoms with Crippen molar-refractivity contribution < 1.29 is 0 Å². The van der Waals surface area contributed by atoms with Crippen molar-refractivity contribution in [3.05, 3.63) is 83.6 Å². The third-order valence-electron chi connectivity index (χ3n) is 4.78. The quantitative estimate of drug-likeness (QED) is 0.362. The molecule has 0 atom stereocenters. The number of halogens is 1. The molecule has 0 aliphatic heterocycles. The number of benzene rings is 3. The number of fused-ring (bicyclic) bond motifs is 2. The summed E-state index contributed by atoms with van der Waals surface area (Å²) in [7, 11) is 0. The first-order chi connectivity index (χ1) is 14.2. The van der Waals surface area contributed by atoms with Crippen molar-refractivity contribution in [2.45, 2.75) is 0 Å². The molecule has 5 rings (SSSR count). The zero-order valence-electron chi connectivity index (χ0n) is 15.3. The SMILES string of the molecule is Nc1nc(Nc2cccc(Br)c2)c2cc(-c3cncc4ccccc34)ccc2n1. The monoisotopic (exact) mass is 441 g/mol. The number of nitrogens with one attached hydrogen (secondary N) is 1. The zero-order valence-corrected chi connectivity index (χ0v) is 16.9. The van der Waals surface area contributed by atoms with Crippen molar-refractivity contribution in [2.75, 3.05) is 11.1 Å². The van der Waals surface area contributed by atoms with Crippen molar-refractivity contribution in [1.29, 1.82) is 0 Å². The fourth-order valence-corrected chi connectivity index (χ4v) is 3.86. The van der Waals surface area contributed by atoms with E-state index in [1.165, 1.54) is 0 Å². The van der Waals surface area contributed by atoms with E-state index in [0.717, 1.165) is 43.0 Å². The van der Waals surface area contributed by atoms with Crippen LogP contribution in [-0.4, -0.2) is 15.0 Å². The summed E-state index contributed by atoms with van der Waals surface area (Å²) in [6, 6.07) is 22.2. The summed E-state index contributed by atoms with van der Waals surface area (Å²) in [6.45, 7) is 0. The molecule has 29 heavy (non-hydrogen) atoms. The summed E-state index contributed by atoms with van der Waals surface area (Å²) >= 11 is 3.50. The third-order valence-corrected chi connectivity index (χ3v) is 5.27. The van der Waals surface area contributed by atoms with Gasteiger partial charge in [-0.2, -0.15) is 4.98 Å². The Bertz CT molecular complexity index is 1360. The highest BCUT2D eigenvalue weighted by Crippen LogP contribution is 2.33. The predicted molar refractivity (Wildman–Crippen MR) is 122 cm³/mol. The first-order valence-electron chi connectivity index (χ1n) is 9.10. The number of rotatable bonds is 3. The minimum Gasteiger partial charge on any atom is -0.368 e. The molecule has 6 heteroatoms. The maximum absolute atomic E-state index is 5.95. The van der Waals surface area contributed by atoms with Gasteiger partial charge in [-0.25, -0.2) is 4.98 Å². The lowest BCUT2D eigenvalue weighted by Crippen LogP contribution is -2.01. The molecule has 0 spiro atoms. The maximum atomic E-state index is 5.95. The van der Waals surface area contributed by atoms with E-state index in [-0.39, 0.29) is 5.95 Å². The molecule has 0 aliphatic carbocycles. The van der Waals surface area contributed by atoms with Gasteiger partial charge in [0.25, 0.3) is 0 Å². The van der Waals surface area contributed by atoms with Gasteiger partial charge >= 0.3 is 0 Å². The van der Waals surface area contributed by atoms with Crippen molar-refractivity contribution in [1.82, 2.24) is 15.0 Å². The van der Waals surface area contributed by atoms with Gasteiger partial charge in [0.1, 0.15) is 5.82 Å². The van der Waals surface area contributed by atoms with Gasteiger partial charge in [-0.05, 0) is 41.3 Å². The highest BCUT2D eigenvalue weighted by atomic mass is 79.9. The first-order valence-corrected chi connectivity index (χ1v) is 9.90. The lowest BCUT2D eigenvalue weighted by atomic mass is 9.99. The van der Waals surface area contributed by atoms with Crippen LogP contribution >= 0.6 is 15.9 Å². The number of aromatic nitrogens is 3. The molecule has 0 unspecified atom stereocenters. The number of hydrogen-bond donors (Lipinski definition) is 2. The van der Waals surface area contributed by atoms with E-state index in [2.05, 4.69) is 54.4 Å². The van der Waals surface area contributed by atoms with E-state index < -0.39 is 0 Å². The van der Waals surface area contributed by atoms with Crippen molar-refractivity contribution >= 4 is 55.1 Å². The molecular formula is C23H16BrN5. The molecule has 0 bridgehead atoms. The van der Waals surface area contributed by atoms with Gasteiger partial charge in [-0.1, -0.05) is 52.3 Å². The van der Waals surface area contributed by atoms with Gasteiger partial charge in [0, 0.05) is 38.9 Å². The van der Waals surface area contributed by atoms with Gasteiger partial charge < -0.3 is 11.1 Å². The second-order valence-electron chi connectivity index (χ2n) is 6.71. The van der Waals surface area contributed by atoms with E-state index in [1.54, 1.807) is 0 Å². The summed E-state index contributed by atoms with van der Waals surface area (Å²) in [5, 5.41) is 6.52. The third kappa shape index (κ3) is 3.39. The number of pyridine rings is 1. The molecule has 140 valence electrons. The molecule has 2 heterocycles. The molecule has 5 aromatic rings. The first kappa shape index (κ1) is 17.6. The Labute approximate surface area is 175 Å². The van der Waals surface area contributed by atoms with Crippen LogP contribution in [0.5, 0.6) is 0 Å². The second kappa shape index (κ2) is 7.14. The summed E-state index contributed by atoms with van der Waals surface area (Å²) in [6.07, 6.45) is 3.77. The highest BCUT2D eigenvalue weighted by Gasteiger charge is 2.11. The van der Waals surface area contributed by atoms with E-state index >= 15 is 0 Å². The Kier molecular flexibility index (Phi) is 4.33. The van der Waals surface area contributed by atoms with Gasteiger partial charge in [0.15, 0.2) is 0 Å². The number of nitrogen functional groups attached to an aromatic ring is 1. The van der Waals surface area contributed by atoms with Crippen LogP contribution in [0, 0.1) is 0 Å². The Morgan fingerprint density at radius 3 is 2.62 bits per heavy atom. The van der Waals surface area contributed by atoms with Crippen LogP contribution < -0.4 is 11.1 Å². The standard InChI is InChI=1S/C23H16BrN5/c24-16-5-3-6-17(11-16)27-22-19-10-14(8-9-21(19)28-23(25)29-22)20-13-26-12-15-4-1-2-7-18(15)20/h1-13H,(H3,25,27,28,29). The van der Waals surface area contributed by atoms with Gasteiger partial charge in [-0.15, -0.1) is 0 Å². The van der Waals surface area contributed by atoms with E-state index in [1.807, 2.05) is 60.9 Å². The summed E-state index contributed by atoms with van der Waals surface area (Å²) in [5.74, 6) is 0.898. The number of nitrogens with zero attached hydrogens (tertiary/aromatic N) is 3. The van der Waals surface area contributed by atoms with Crippen LogP contribution in [0.15, 0.2) is 83.6 Å². The van der Waals surface area contributed by atoms with Gasteiger partial charge in [0.05, 0.1) is 5.52 Å². The van der Waals surface area contributed by atoms with Gasteiger partial charge in [-0.3, -0.25) is 4.98 Å². The minimum absolute atomic E-state index is 0.231. The molecule has 0 fully saturated rings. The second-order valence-corrected chi connectivity index (χ2v) is 7.62. The van der Waals surface area contributed by atoms with E-state index in [4.69, 9.17) is 5.73 Å². The molecule has 5 nitrogen and oxygen atoms in total. The average Bonchev–Trinajstić information content (AvgIpc) is 2.73. The summed E-state index contributed by atoms with van der Waals surface area (Å²) < 4.78 is 0.983. The highest BCUT2D eigenvalue weighted by molar-refractivity contribution is 9.10. The van der Waals surface area contributed by atoms with Crippen molar-refractivity contribution in [2.24, 2.45) is 0 Å². The molecule has 0 radical (unpaired) electrons. The zero-order chi connectivity index (χ0) is 19.8. The molecule has 0 aliphatic rings. The van der Waals surface area contributed by atoms with Crippen molar-refractivity contribution in [3.8, 4) is 11.1 Å². The molecule has 0 saturated heterocycles.